The van der Waals surface area contributed by atoms with Gasteiger partial charge in [-0.15, -0.1) is 0 Å². The fraction of sp³-hybridized carbons (Fsp3) is 0.250. The zero-order valence-electron chi connectivity index (χ0n) is 7.62. The topological polar surface area (TPSA) is 0 Å². The average Bonchev–Trinajstić information content (AvgIpc) is 2.83. The van der Waals surface area contributed by atoms with E-state index in [0.29, 0.717) is 0 Å². The van der Waals surface area contributed by atoms with Crippen LogP contribution in [0.1, 0.15) is 0 Å². The Morgan fingerprint density at radius 3 is 1.69 bits per heavy atom. The van der Waals surface area contributed by atoms with Gasteiger partial charge in [-0.2, -0.15) is 0 Å². The Labute approximate surface area is 156 Å². The van der Waals surface area contributed by atoms with Crippen LogP contribution in [0.2, 0.25) is 0 Å². The van der Waals surface area contributed by atoms with Gasteiger partial charge in [0.2, 0.25) is 0 Å². The molecule has 3 rings (SSSR count). The van der Waals surface area contributed by atoms with E-state index in [4.69, 9.17) is 0 Å². The average molecular weight is 734 g/mol. The molecule has 3 aliphatic rings. The molecule has 0 radical (unpaired) electrons. The Morgan fingerprint density at radius 1 is 0.750 bits per heavy atom. The molecule has 3 heterocycles. The third-order valence-corrected chi connectivity index (χ3v) is 27.0. The first-order valence-electron chi connectivity index (χ1n) is 4.25. The summed E-state index contributed by atoms with van der Waals surface area (Å²) in [7, 11) is 0. The Kier molecular flexibility index (Phi) is 5.83. The Bertz CT molecular complexity index is 407. The van der Waals surface area contributed by atoms with Gasteiger partial charge in [0, 0.05) is 0 Å². The predicted octanol–water partition coefficient (Wildman–Crippen LogP) is 2.56. The standard InChI is InChI=1S/C8H4I2S2Se4/c9-3-4(10)14-7(13-3)8-15-5-6(16-8)12-2-1-11-5/h1-2H2. The van der Waals surface area contributed by atoms with Gasteiger partial charge < -0.3 is 0 Å². The Hall–Kier alpha value is 3.46. The van der Waals surface area contributed by atoms with Gasteiger partial charge in [0.05, 0.1) is 0 Å². The molecule has 0 saturated carbocycles. The van der Waals surface area contributed by atoms with E-state index in [1.54, 1.807) is 12.6 Å². The fourth-order valence-corrected chi connectivity index (χ4v) is 27.8. The zero-order valence-corrected chi connectivity index (χ0v) is 20.4. The molecular formula is C8H4I2S2Se4. The van der Waals surface area contributed by atoms with E-state index in [1.807, 2.05) is 6.74 Å². The summed E-state index contributed by atoms with van der Waals surface area (Å²) < 4.78 is 10.8. The van der Waals surface area contributed by atoms with Crippen molar-refractivity contribution in [3.8, 4) is 0 Å². The summed E-state index contributed by atoms with van der Waals surface area (Å²) in [4.78, 5) is 0. The third-order valence-electron chi connectivity index (χ3n) is 1.77. The molecule has 0 aromatic rings. The van der Waals surface area contributed by atoms with Crippen LogP contribution in [-0.4, -0.2) is 71.3 Å². The van der Waals surface area contributed by atoms with Gasteiger partial charge in [-0.1, -0.05) is 0 Å². The Morgan fingerprint density at radius 2 is 1.19 bits per heavy atom. The van der Waals surface area contributed by atoms with Crippen molar-refractivity contribution >= 4 is 129 Å². The molecule has 0 unspecified atom stereocenters. The first kappa shape index (κ1) is 14.4. The molecule has 8 heteroatoms. The Balaban J connectivity index is 1.79. The van der Waals surface area contributed by atoms with E-state index in [1.165, 1.54) is 11.5 Å². The number of thioether (sulfide) groups is 2. The minimum atomic E-state index is 0.722. The normalized spacial score (nSPS) is 25.9. The summed E-state index contributed by atoms with van der Waals surface area (Å²) in [5, 5.41) is 0. The summed E-state index contributed by atoms with van der Waals surface area (Å²) in [6, 6.07) is 0. The molecule has 0 bridgehead atoms. The second kappa shape index (κ2) is 6.48. The summed E-state index contributed by atoms with van der Waals surface area (Å²) in [5.74, 6) is 2.71. The number of halogens is 2. The third kappa shape index (κ3) is 3.20. The van der Waals surface area contributed by atoms with Gasteiger partial charge in [-0.3, -0.25) is 0 Å². The van der Waals surface area contributed by atoms with Gasteiger partial charge in [-0.25, -0.2) is 0 Å². The monoisotopic (exact) mass is 737 g/mol. The second-order valence-electron chi connectivity index (χ2n) is 2.80. The van der Waals surface area contributed by atoms with E-state index >= 15 is 0 Å². The van der Waals surface area contributed by atoms with E-state index in [-0.39, 0.29) is 0 Å². The molecule has 3 aliphatic heterocycles. The van der Waals surface area contributed by atoms with E-state index in [2.05, 4.69) is 68.7 Å². The van der Waals surface area contributed by atoms with Crippen LogP contribution >= 0.6 is 68.7 Å². The number of hydrogen-bond donors (Lipinski definition) is 0. The van der Waals surface area contributed by atoms with Crippen molar-refractivity contribution in [1.29, 1.82) is 0 Å². The first-order valence-corrected chi connectivity index (χ1v) is 15.2. The molecule has 0 N–H and O–H groups in total. The molecule has 0 nitrogen and oxygen atoms in total. The maximum absolute atomic E-state index is 2.57. The summed E-state index contributed by atoms with van der Waals surface area (Å²) in [5.41, 5.74) is 0. The molecule has 0 aliphatic carbocycles. The molecule has 0 fully saturated rings. The van der Waals surface area contributed by atoms with Crippen LogP contribution in [0, 0.1) is 0 Å². The molecule has 0 atom stereocenters. The zero-order chi connectivity index (χ0) is 11.1. The van der Waals surface area contributed by atoms with Gasteiger partial charge in [0.15, 0.2) is 0 Å². The summed E-state index contributed by atoms with van der Waals surface area (Å²) in [6.45, 7) is 0. The van der Waals surface area contributed by atoms with Gasteiger partial charge in [0.25, 0.3) is 0 Å². The second-order valence-corrected chi connectivity index (χ2v) is 22.8. The molecule has 0 aromatic carbocycles. The van der Waals surface area contributed by atoms with Crippen LogP contribution in [0.15, 0.2) is 19.3 Å². The minimum absolute atomic E-state index is 0.722. The number of rotatable bonds is 0. The van der Waals surface area contributed by atoms with Gasteiger partial charge in [0.1, 0.15) is 0 Å². The van der Waals surface area contributed by atoms with Crippen molar-refractivity contribution in [2.75, 3.05) is 11.5 Å². The van der Waals surface area contributed by atoms with Gasteiger partial charge >= 0.3 is 159 Å². The van der Waals surface area contributed by atoms with Crippen molar-refractivity contribution in [3.63, 3.8) is 0 Å². The van der Waals surface area contributed by atoms with Crippen molar-refractivity contribution in [2.24, 2.45) is 0 Å². The fourth-order valence-electron chi connectivity index (χ4n) is 1.15. The SMILES string of the molecule is IC1=C(I)[Se]C(=C2[Se]C3=C(SCCS3)[Se]2)[Se]1. The first-order chi connectivity index (χ1) is 7.74. The quantitative estimate of drug-likeness (QED) is 0.278. The van der Waals surface area contributed by atoms with Crippen LogP contribution in [0.3, 0.4) is 0 Å². The number of hydrogen-bond acceptors (Lipinski definition) is 2. The molecular weight excluding hydrogens is 730 g/mol. The van der Waals surface area contributed by atoms with Crippen molar-refractivity contribution < 1.29 is 0 Å². The van der Waals surface area contributed by atoms with Crippen LogP contribution < -0.4 is 0 Å². The molecule has 86 valence electrons. The predicted molar refractivity (Wildman–Crippen MR) is 97.0 cm³/mol. The summed E-state index contributed by atoms with van der Waals surface area (Å²) in [6.07, 6.45) is 0. The molecule has 16 heavy (non-hydrogen) atoms. The van der Waals surface area contributed by atoms with Gasteiger partial charge in [-0.05, 0) is 0 Å². The van der Waals surface area contributed by atoms with Crippen LogP contribution in [-0.2, 0) is 0 Å². The molecule has 0 amide bonds. The van der Waals surface area contributed by atoms with E-state index < -0.39 is 0 Å². The van der Waals surface area contributed by atoms with Crippen molar-refractivity contribution in [3.05, 3.63) is 19.3 Å². The van der Waals surface area contributed by atoms with E-state index in [0.717, 1.165) is 59.8 Å². The molecule has 0 aromatic heterocycles. The maximum atomic E-state index is 2.57. The van der Waals surface area contributed by atoms with Crippen LogP contribution in [0.5, 0.6) is 0 Å². The molecule has 0 spiro atoms. The van der Waals surface area contributed by atoms with Crippen LogP contribution in [0.25, 0.3) is 0 Å². The molecule has 0 saturated heterocycles. The summed E-state index contributed by atoms with van der Waals surface area (Å²) >= 11 is 12.4. The van der Waals surface area contributed by atoms with Crippen LogP contribution in [0.4, 0.5) is 0 Å². The van der Waals surface area contributed by atoms with Crippen molar-refractivity contribution in [2.45, 2.75) is 0 Å². The van der Waals surface area contributed by atoms with E-state index in [9.17, 15) is 0 Å². The van der Waals surface area contributed by atoms with Crippen molar-refractivity contribution in [1.82, 2.24) is 0 Å².